The zero-order chi connectivity index (χ0) is 40.7. The van der Waals surface area contributed by atoms with Gasteiger partial charge in [0.15, 0.2) is 0 Å². The molecule has 19 heteroatoms. The molecular weight excluding hydrogens is 755 g/mol. The van der Waals surface area contributed by atoms with Crippen molar-refractivity contribution in [3.63, 3.8) is 0 Å². The molecule has 0 aliphatic heterocycles. The molecule has 0 unspecified atom stereocenters. The molecule has 0 spiro atoms. The maximum Gasteiger partial charge on any atom is 0.416 e. The van der Waals surface area contributed by atoms with Crippen molar-refractivity contribution in [1.82, 2.24) is 0 Å². The number of anilines is 2. The average molecular weight is 806 g/mol. The van der Waals surface area contributed by atoms with Crippen LogP contribution in [0.15, 0.2) is 48.5 Å². The number of hydrogen-bond donors (Lipinski definition) is 2. The second-order valence-electron chi connectivity index (χ2n) is 11.2. The van der Waals surface area contributed by atoms with E-state index in [1.54, 1.807) is 18.2 Å². The minimum absolute atomic E-state index is 0.00813. The molecular formula is C37H50F3NO15. The van der Waals surface area contributed by atoms with Crippen molar-refractivity contribution < 1.29 is 84.8 Å². The van der Waals surface area contributed by atoms with Gasteiger partial charge in [0, 0.05) is 12.1 Å². The van der Waals surface area contributed by atoms with Gasteiger partial charge in [0.05, 0.1) is 129 Å². The number of halogens is 3. The summed E-state index contributed by atoms with van der Waals surface area (Å²) in [6.45, 7) is 5.36. The summed E-state index contributed by atoms with van der Waals surface area (Å²) in [7, 11) is 0. The van der Waals surface area contributed by atoms with E-state index in [1.165, 1.54) is 18.2 Å². The molecule has 0 heterocycles. The molecule has 0 fully saturated rings. The van der Waals surface area contributed by atoms with Crippen molar-refractivity contribution in [3.05, 3.63) is 59.7 Å². The van der Waals surface area contributed by atoms with E-state index >= 15 is 0 Å². The topological polar surface area (TPSA) is 193 Å². The molecule has 0 saturated heterocycles. The third-order valence-electron chi connectivity index (χ3n) is 6.97. The Balaban J connectivity index is 1.30. The lowest BCUT2D eigenvalue weighted by molar-refractivity contribution is -0.151. The van der Waals surface area contributed by atoms with Crippen LogP contribution in [0, 0.1) is 0 Å². The fourth-order valence-corrected chi connectivity index (χ4v) is 4.22. The van der Waals surface area contributed by atoms with Crippen molar-refractivity contribution >= 4 is 35.1 Å². The molecule has 0 amide bonds. The molecule has 0 saturated carbocycles. The van der Waals surface area contributed by atoms with E-state index in [0.29, 0.717) is 85.0 Å². The molecule has 0 aliphatic rings. The first-order valence-corrected chi connectivity index (χ1v) is 17.8. The fourth-order valence-electron chi connectivity index (χ4n) is 4.22. The van der Waals surface area contributed by atoms with Gasteiger partial charge in [-0.25, -0.2) is 9.59 Å². The molecule has 2 aromatic carbocycles. The van der Waals surface area contributed by atoms with E-state index in [9.17, 15) is 32.3 Å². The quantitative estimate of drug-likeness (QED) is 0.0590. The van der Waals surface area contributed by atoms with E-state index < -0.39 is 41.9 Å². The molecule has 0 radical (unpaired) electrons. The summed E-state index contributed by atoms with van der Waals surface area (Å²) in [6, 6.07) is 11.0. The Morgan fingerprint density at radius 1 is 0.536 bits per heavy atom. The van der Waals surface area contributed by atoms with Gasteiger partial charge < -0.3 is 57.8 Å². The minimum atomic E-state index is -4.49. The second-order valence-corrected chi connectivity index (χ2v) is 11.2. The van der Waals surface area contributed by atoms with Crippen molar-refractivity contribution in [3.8, 4) is 0 Å². The Morgan fingerprint density at radius 3 is 1.41 bits per heavy atom. The van der Waals surface area contributed by atoms with Crippen molar-refractivity contribution in [2.45, 2.75) is 19.0 Å². The lowest BCUT2D eigenvalue weighted by Gasteiger charge is -2.13. The number of Topliss-reactive ketones (excluding diaryl/α,β-unsaturated/α-hetero) is 1. The summed E-state index contributed by atoms with van der Waals surface area (Å²) in [5.74, 6) is -3.93. The predicted octanol–water partition coefficient (Wildman–Crippen LogP) is 3.72. The van der Waals surface area contributed by atoms with Crippen molar-refractivity contribution in [2.24, 2.45) is 0 Å². The summed E-state index contributed by atoms with van der Waals surface area (Å²) >= 11 is 0. The fraction of sp³-hybridized carbons (Fsp3) is 0.568. The minimum Gasteiger partial charge on any atom is -0.476 e. The number of carbonyl (C=O) groups excluding carboxylic acids is 3. The number of aliphatic carboxylic acids is 1. The highest BCUT2D eigenvalue weighted by Gasteiger charge is 2.30. The standard InChI is InChI=1S/C37H50F3NO15/c38-37(39,40)29-4-3-5-30(28-29)41-32-7-2-1-6-31(32)36(46)56-27-25-54-23-21-52-19-17-50-15-13-48-11-10-47-12-14-49-16-18-51-20-22-53-24-26-55-34(43)9-8-33(42)35(44)45/h1-7,28,41H,8-27H2,(H,44,45). The number of hydrogen-bond acceptors (Lipinski definition) is 15. The largest absolute Gasteiger partial charge is 0.476 e. The van der Waals surface area contributed by atoms with Gasteiger partial charge in [0.1, 0.15) is 13.2 Å². The number of esters is 2. The predicted molar refractivity (Wildman–Crippen MR) is 191 cm³/mol. The van der Waals surface area contributed by atoms with Crippen LogP contribution < -0.4 is 5.32 Å². The van der Waals surface area contributed by atoms with Crippen LogP contribution in [-0.4, -0.2) is 148 Å². The number of para-hydroxylation sites is 1. The van der Waals surface area contributed by atoms with E-state index in [2.05, 4.69) is 5.32 Å². The second kappa shape index (κ2) is 30.0. The van der Waals surface area contributed by atoms with Crippen LogP contribution >= 0.6 is 0 Å². The van der Waals surface area contributed by atoms with Crippen LogP contribution in [0.1, 0.15) is 28.8 Å². The van der Waals surface area contributed by atoms with Crippen LogP contribution in [0.3, 0.4) is 0 Å². The number of benzene rings is 2. The Kier molecular flexibility index (Phi) is 25.7. The molecule has 0 aromatic heterocycles. The summed E-state index contributed by atoms with van der Waals surface area (Å²) < 4.78 is 92.4. The molecule has 56 heavy (non-hydrogen) atoms. The Labute approximate surface area is 322 Å². The van der Waals surface area contributed by atoms with Gasteiger partial charge in [-0.3, -0.25) is 9.59 Å². The number of carboxylic acids is 1. The van der Waals surface area contributed by atoms with Crippen LogP contribution in [0.5, 0.6) is 0 Å². The lowest BCUT2D eigenvalue weighted by atomic mass is 10.1. The Hall–Kier alpha value is -4.21. The number of ether oxygens (including phenoxy) is 10. The van der Waals surface area contributed by atoms with Crippen LogP contribution in [-0.2, 0) is 67.9 Å². The summed E-state index contributed by atoms with van der Waals surface area (Å²) in [5, 5.41) is 11.3. The van der Waals surface area contributed by atoms with Crippen molar-refractivity contribution in [1.29, 1.82) is 0 Å². The summed E-state index contributed by atoms with van der Waals surface area (Å²) in [4.78, 5) is 45.3. The molecule has 314 valence electrons. The lowest BCUT2D eigenvalue weighted by Crippen LogP contribution is -2.17. The Morgan fingerprint density at radius 2 is 0.964 bits per heavy atom. The molecule has 2 rings (SSSR count). The van der Waals surface area contributed by atoms with Gasteiger partial charge in [-0.05, 0) is 30.3 Å². The smallest absolute Gasteiger partial charge is 0.416 e. The molecule has 0 atom stereocenters. The summed E-state index contributed by atoms with van der Waals surface area (Å²) in [6.07, 6.45) is -5.18. The highest BCUT2D eigenvalue weighted by molar-refractivity contribution is 6.32. The van der Waals surface area contributed by atoms with Gasteiger partial charge in [0.2, 0.25) is 5.78 Å². The highest BCUT2D eigenvalue weighted by atomic mass is 19.4. The van der Waals surface area contributed by atoms with E-state index in [0.717, 1.165) is 12.1 Å². The van der Waals surface area contributed by atoms with Crippen molar-refractivity contribution in [2.75, 3.05) is 124 Å². The first kappa shape index (κ1) is 47.9. The van der Waals surface area contributed by atoms with Gasteiger partial charge in [-0.1, -0.05) is 18.2 Å². The maximum atomic E-state index is 13.0. The molecule has 2 aromatic rings. The van der Waals surface area contributed by atoms with Gasteiger partial charge >= 0.3 is 24.1 Å². The first-order valence-electron chi connectivity index (χ1n) is 17.8. The number of rotatable bonds is 34. The third-order valence-corrected chi connectivity index (χ3v) is 6.97. The molecule has 0 aliphatic carbocycles. The molecule has 0 bridgehead atoms. The number of ketones is 1. The van der Waals surface area contributed by atoms with Gasteiger partial charge in [0.25, 0.3) is 0 Å². The van der Waals surface area contributed by atoms with Crippen LogP contribution in [0.2, 0.25) is 0 Å². The van der Waals surface area contributed by atoms with E-state index in [1.807, 2.05) is 0 Å². The molecule has 2 N–H and O–H groups in total. The van der Waals surface area contributed by atoms with Gasteiger partial charge in [-0.2, -0.15) is 13.2 Å². The zero-order valence-corrected chi connectivity index (χ0v) is 31.1. The highest BCUT2D eigenvalue weighted by Crippen LogP contribution is 2.32. The number of nitrogens with one attached hydrogen (secondary N) is 1. The number of carboxylic acid groups (broad SMARTS) is 1. The number of carbonyl (C=O) groups is 4. The zero-order valence-electron chi connectivity index (χ0n) is 31.1. The summed E-state index contributed by atoms with van der Waals surface area (Å²) in [5.41, 5.74) is -0.143. The van der Waals surface area contributed by atoms with E-state index in [4.69, 9.17) is 52.5 Å². The third kappa shape index (κ3) is 23.7. The van der Waals surface area contributed by atoms with Gasteiger partial charge in [-0.15, -0.1) is 0 Å². The number of alkyl halides is 3. The van der Waals surface area contributed by atoms with Crippen LogP contribution in [0.25, 0.3) is 0 Å². The van der Waals surface area contributed by atoms with Crippen LogP contribution in [0.4, 0.5) is 24.5 Å². The first-order chi connectivity index (χ1) is 27.1. The normalized spacial score (nSPS) is 11.3. The SMILES string of the molecule is O=C(CCC(=O)C(=O)O)OCCOCCOCCOCCOCCOCCOCCOCCOCCOC(=O)c1ccccc1Nc1cccc(C(F)(F)F)c1. The Bertz CT molecular complexity index is 1410. The van der Waals surface area contributed by atoms with E-state index in [-0.39, 0.29) is 57.3 Å². The monoisotopic (exact) mass is 805 g/mol. The maximum absolute atomic E-state index is 13.0. The average Bonchev–Trinajstić information content (AvgIpc) is 3.17. The molecule has 16 nitrogen and oxygen atoms in total.